The highest BCUT2D eigenvalue weighted by Gasteiger charge is 2.23. The van der Waals surface area contributed by atoms with Gasteiger partial charge in [-0.1, -0.05) is 36.7 Å². The van der Waals surface area contributed by atoms with Crippen LogP contribution in [0, 0.1) is 12.8 Å². The zero-order valence-electron chi connectivity index (χ0n) is 9.16. The lowest BCUT2D eigenvalue weighted by atomic mass is 9.92. The van der Waals surface area contributed by atoms with Gasteiger partial charge in [0.1, 0.15) is 5.82 Å². The van der Waals surface area contributed by atoms with E-state index < -0.39 is 0 Å². The quantitative estimate of drug-likeness (QED) is 0.776. The van der Waals surface area contributed by atoms with Gasteiger partial charge in [-0.3, -0.25) is 0 Å². The number of nitrogens with zero attached hydrogens (tertiary/aromatic N) is 2. The molecule has 0 bridgehead atoms. The molecule has 0 aliphatic carbocycles. The van der Waals surface area contributed by atoms with Gasteiger partial charge >= 0.3 is 0 Å². The standard InChI is InChI=1S/C11H17BrN2/c1-7(2)10(9(4)12)11-13-5-8(3)6-14-11/h5-7,9-10H,1-4H3. The summed E-state index contributed by atoms with van der Waals surface area (Å²) in [6.07, 6.45) is 3.76. The Morgan fingerprint density at radius 3 is 2.00 bits per heavy atom. The van der Waals surface area contributed by atoms with E-state index in [0.29, 0.717) is 16.7 Å². The van der Waals surface area contributed by atoms with E-state index in [-0.39, 0.29) is 0 Å². The Balaban J connectivity index is 2.94. The van der Waals surface area contributed by atoms with Crippen LogP contribution >= 0.6 is 15.9 Å². The van der Waals surface area contributed by atoms with Crippen molar-refractivity contribution in [3.8, 4) is 0 Å². The summed E-state index contributed by atoms with van der Waals surface area (Å²) in [7, 11) is 0. The van der Waals surface area contributed by atoms with E-state index in [1.54, 1.807) is 0 Å². The monoisotopic (exact) mass is 256 g/mol. The Morgan fingerprint density at radius 2 is 1.64 bits per heavy atom. The number of alkyl halides is 1. The molecule has 0 radical (unpaired) electrons. The summed E-state index contributed by atoms with van der Waals surface area (Å²) in [5, 5.41) is 0. The van der Waals surface area contributed by atoms with Crippen LogP contribution in [-0.4, -0.2) is 14.8 Å². The fourth-order valence-electron chi connectivity index (χ4n) is 1.61. The van der Waals surface area contributed by atoms with E-state index in [1.165, 1.54) is 0 Å². The minimum Gasteiger partial charge on any atom is -0.241 e. The third-order valence-electron chi connectivity index (χ3n) is 2.31. The first kappa shape index (κ1) is 11.6. The maximum atomic E-state index is 4.38. The zero-order chi connectivity index (χ0) is 10.7. The smallest absolute Gasteiger partial charge is 0.132 e. The van der Waals surface area contributed by atoms with Crippen molar-refractivity contribution in [3.63, 3.8) is 0 Å². The molecule has 2 atom stereocenters. The van der Waals surface area contributed by atoms with Gasteiger partial charge in [0.15, 0.2) is 0 Å². The van der Waals surface area contributed by atoms with E-state index in [0.717, 1.165) is 11.4 Å². The van der Waals surface area contributed by atoms with E-state index >= 15 is 0 Å². The predicted molar refractivity (Wildman–Crippen MR) is 62.7 cm³/mol. The van der Waals surface area contributed by atoms with Crippen molar-refractivity contribution in [2.75, 3.05) is 0 Å². The lowest BCUT2D eigenvalue weighted by molar-refractivity contribution is 0.475. The topological polar surface area (TPSA) is 25.8 Å². The molecule has 0 amide bonds. The average molecular weight is 257 g/mol. The van der Waals surface area contributed by atoms with Crippen molar-refractivity contribution in [2.45, 2.75) is 38.4 Å². The molecule has 3 heteroatoms. The molecule has 1 aromatic rings. The second-order valence-electron chi connectivity index (χ2n) is 4.07. The summed E-state index contributed by atoms with van der Waals surface area (Å²) in [6.45, 7) is 8.55. The van der Waals surface area contributed by atoms with E-state index in [1.807, 2.05) is 19.3 Å². The molecule has 78 valence electrons. The number of rotatable bonds is 3. The molecule has 0 aromatic carbocycles. The molecule has 2 nitrogen and oxygen atoms in total. The summed E-state index contributed by atoms with van der Waals surface area (Å²) in [5.41, 5.74) is 1.11. The van der Waals surface area contributed by atoms with Crippen LogP contribution in [0.2, 0.25) is 0 Å². The molecule has 1 heterocycles. The molecule has 0 N–H and O–H groups in total. The normalized spacial score (nSPS) is 15.6. The van der Waals surface area contributed by atoms with Gasteiger partial charge in [0.05, 0.1) is 0 Å². The molecule has 0 aliphatic rings. The molecule has 0 fully saturated rings. The number of aromatic nitrogens is 2. The van der Waals surface area contributed by atoms with Crippen molar-refractivity contribution < 1.29 is 0 Å². The molecule has 0 spiro atoms. The van der Waals surface area contributed by atoms with Crippen LogP contribution < -0.4 is 0 Å². The Hall–Kier alpha value is -0.440. The number of halogens is 1. The van der Waals surface area contributed by atoms with Gasteiger partial charge in [0.25, 0.3) is 0 Å². The van der Waals surface area contributed by atoms with Crippen LogP contribution in [0.5, 0.6) is 0 Å². The molecular weight excluding hydrogens is 240 g/mol. The van der Waals surface area contributed by atoms with Crippen molar-refractivity contribution in [2.24, 2.45) is 5.92 Å². The number of hydrogen-bond acceptors (Lipinski definition) is 2. The zero-order valence-corrected chi connectivity index (χ0v) is 10.7. The highest BCUT2D eigenvalue weighted by Crippen LogP contribution is 2.29. The maximum absolute atomic E-state index is 4.38. The molecule has 14 heavy (non-hydrogen) atoms. The van der Waals surface area contributed by atoms with Gasteiger partial charge < -0.3 is 0 Å². The first-order chi connectivity index (χ1) is 6.52. The van der Waals surface area contributed by atoms with Gasteiger partial charge in [-0.05, 0) is 18.4 Å². The third kappa shape index (κ3) is 2.77. The van der Waals surface area contributed by atoms with Gasteiger partial charge in [-0.2, -0.15) is 0 Å². The SMILES string of the molecule is Cc1cnc(C(C(C)C)C(C)Br)nc1. The van der Waals surface area contributed by atoms with Crippen LogP contribution in [0.4, 0.5) is 0 Å². The Bertz CT molecular complexity index is 272. The van der Waals surface area contributed by atoms with Crippen LogP contribution in [0.3, 0.4) is 0 Å². The summed E-state index contributed by atoms with van der Waals surface area (Å²) in [4.78, 5) is 9.17. The fraction of sp³-hybridized carbons (Fsp3) is 0.636. The second-order valence-corrected chi connectivity index (χ2v) is 5.51. The molecule has 2 unspecified atom stereocenters. The highest BCUT2D eigenvalue weighted by molar-refractivity contribution is 9.09. The van der Waals surface area contributed by atoms with E-state index in [9.17, 15) is 0 Å². The van der Waals surface area contributed by atoms with E-state index in [4.69, 9.17) is 0 Å². The first-order valence-corrected chi connectivity index (χ1v) is 5.86. The van der Waals surface area contributed by atoms with Crippen molar-refractivity contribution in [1.29, 1.82) is 0 Å². The minimum atomic E-state index is 0.385. The predicted octanol–water partition coefficient (Wildman–Crippen LogP) is 3.31. The molecule has 0 aliphatic heterocycles. The van der Waals surface area contributed by atoms with Crippen molar-refractivity contribution in [3.05, 3.63) is 23.8 Å². The lowest BCUT2D eigenvalue weighted by Gasteiger charge is -2.21. The second kappa shape index (κ2) is 4.87. The summed E-state index contributed by atoms with van der Waals surface area (Å²) < 4.78 is 0. The Labute approximate surface area is 94.3 Å². The minimum absolute atomic E-state index is 0.385. The molecule has 0 saturated heterocycles. The van der Waals surface area contributed by atoms with Gasteiger partial charge in [0.2, 0.25) is 0 Å². The third-order valence-corrected chi connectivity index (χ3v) is 2.88. The molecule has 0 saturated carbocycles. The maximum Gasteiger partial charge on any atom is 0.132 e. The highest BCUT2D eigenvalue weighted by atomic mass is 79.9. The molecular formula is C11H17BrN2. The van der Waals surface area contributed by atoms with E-state index in [2.05, 4.69) is 46.7 Å². The number of aryl methyl sites for hydroxylation is 1. The summed E-state index contributed by atoms with van der Waals surface area (Å²) >= 11 is 3.62. The van der Waals surface area contributed by atoms with Gasteiger partial charge in [0, 0.05) is 23.1 Å². The largest absolute Gasteiger partial charge is 0.241 e. The first-order valence-electron chi connectivity index (χ1n) is 4.95. The molecule has 1 rings (SSSR count). The van der Waals surface area contributed by atoms with Crippen LogP contribution in [0.15, 0.2) is 12.4 Å². The van der Waals surface area contributed by atoms with Crippen LogP contribution in [0.1, 0.15) is 38.1 Å². The number of hydrogen-bond donors (Lipinski definition) is 0. The van der Waals surface area contributed by atoms with Gasteiger partial charge in [-0.25, -0.2) is 9.97 Å². The van der Waals surface area contributed by atoms with Crippen molar-refractivity contribution >= 4 is 15.9 Å². The average Bonchev–Trinajstić information content (AvgIpc) is 2.07. The molecule has 1 aromatic heterocycles. The Kier molecular flexibility index (Phi) is 4.05. The Morgan fingerprint density at radius 1 is 1.14 bits per heavy atom. The summed E-state index contributed by atoms with van der Waals surface area (Å²) in [6, 6.07) is 0. The van der Waals surface area contributed by atoms with Crippen molar-refractivity contribution in [1.82, 2.24) is 9.97 Å². The fourth-order valence-corrected chi connectivity index (χ4v) is 2.46. The summed E-state index contributed by atoms with van der Waals surface area (Å²) in [5.74, 6) is 1.87. The lowest BCUT2D eigenvalue weighted by Crippen LogP contribution is -2.18. The van der Waals surface area contributed by atoms with Crippen LogP contribution in [-0.2, 0) is 0 Å². The van der Waals surface area contributed by atoms with Gasteiger partial charge in [-0.15, -0.1) is 0 Å². The van der Waals surface area contributed by atoms with Crippen LogP contribution in [0.25, 0.3) is 0 Å².